The molecule has 0 unspecified atom stereocenters. The molecule has 0 atom stereocenters. The minimum atomic E-state index is -0.118. The summed E-state index contributed by atoms with van der Waals surface area (Å²) >= 11 is 1.77. The Bertz CT molecular complexity index is 1200. The van der Waals surface area contributed by atoms with E-state index >= 15 is 0 Å². The summed E-state index contributed by atoms with van der Waals surface area (Å²) in [5.74, 6) is -0.118. The fourth-order valence-electron chi connectivity index (χ4n) is 3.90. The summed E-state index contributed by atoms with van der Waals surface area (Å²) in [6, 6.07) is 36.5. The quantitative estimate of drug-likeness (QED) is 0.280. The first-order valence-corrected chi connectivity index (χ1v) is 11.7. The van der Waals surface area contributed by atoms with Crippen molar-refractivity contribution in [3.05, 3.63) is 120 Å². The minimum Gasteiger partial charge on any atom is -0.339 e. The third-order valence-corrected chi connectivity index (χ3v) is 6.61. The van der Waals surface area contributed by atoms with Crippen molar-refractivity contribution in [1.82, 2.24) is 5.43 Å². The molecule has 0 radical (unpaired) electrons. The Morgan fingerprint density at radius 3 is 1.73 bits per heavy atom. The predicted octanol–water partition coefficient (Wildman–Crippen LogP) is 6.25. The lowest BCUT2D eigenvalue weighted by molar-refractivity contribution is -0.120. The van der Waals surface area contributed by atoms with Crippen molar-refractivity contribution >= 4 is 34.8 Å². The number of anilines is 2. The van der Waals surface area contributed by atoms with E-state index in [0.29, 0.717) is 13.0 Å². The van der Waals surface area contributed by atoms with E-state index in [2.05, 4.69) is 39.7 Å². The van der Waals surface area contributed by atoms with Crippen molar-refractivity contribution in [2.24, 2.45) is 5.10 Å². The van der Waals surface area contributed by atoms with E-state index in [9.17, 15) is 4.79 Å². The van der Waals surface area contributed by atoms with Crippen LogP contribution < -0.4 is 10.3 Å². The molecule has 1 aliphatic rings. The molecule has 1 amide bonds. The number of hydrogen-bond acceptors (Lipinski definition) is 4. The molecule has 0 saturated carbocycles. The van der Waals surface area contributed by atoms with Crippen molar-refractivity contribution in [3.8, 4) is 0 Å². The molecular weight excluding hydrogens is 426 g/mol. The predicted molar refractivity (Wildman–Crippen MR) is 135 cm³/mol. The van der Waals surface area contributed by atoms with Crippen LogP contribution in [-0.2, 0) is 4.79 Å². The number of amides is 1. The van der Waals surface area contributed by atoms with Crippen LogP contribution >= 0.6 is 11.8 Å². The molecule has 0 saturated heterocycles. The highest BCUT2D eigenvalue weighted by Crippen LogP contribution is 2.47. The molecule has 5 rings (SSSR count). The van der Waals surface area contributed by atoms with Gasteiger partial charge in [0.2, 0.25) is 5.91 Å². The molecular formula is C28H23N3OS. The normalized spacial score (nSPS) is 11.8. The van der Waals surface area contributed by atoms with Crippen LogP contribution in [0.5, 0.6) is 0 Å². The van der Waals surface area contributed by atoms with Gasteiger partial charge in [-0.15, -0.1) is 0 Å². The molecule has 1 heterocycles. The number of hydrazone groups is 1. The smallest absolute Gasteiger partial charge is 0.241 e. The molecule has 0 fully saturated rings. The third kappa shape index (κ3) is 4.69. The van der Waals surface area contributed by atoms with Crippen LogP contribution in [0.3, 0.4) is 0 Å². The number of hydrogen-bond donors (Lipinski definition) is 1. The van der Waals surface area contributed by atoms with Crippen LogP contribution in [0.25, 0.3) is 0 Å². The highest BCUT2D eigenvalue weighted by molar-refractivity contribution is 7.99. The zero-order valence-electron chi connectivity index (χ0n) is 18.0. The Kier molecular flexibility index (Phi) is 6.22. The summed E-state index contributed by atoms with van der Waals surface area (Å²) < 4.78 is 0. The second-order valence-electron chi connectivity index (χ2n) is 7.67. The van der Waals surface area contributed by atoms with Gasteiger partial charge in [-0.05, 0) is 24.3 Å². The molecule has 0 spiro atoms. The van der Waals surface area contributed by atoms with Gasteiger partial charge in [0, 0.05) is 33.9 Å². The molecule has 5 heteroatoms. The Balaban J connectivity index is 1.34. The summed E-state index contributed by atoms with van der Waals surface area (Å²) in [5, 5.41) is 4.51. The number of para-hydroxylation sites is 2. The molecule has 0 aliphatic carbocycles. The maximum absolute atomic E-state index is 12.8. The standard InChI is InChI=1S/C28H23N3OS/c32-27(29-30-28(21-11-3-1-4-12-21)22-13-5-2-6-14-22)19-20-31-23-15-7-9-17-25(23)33-26-18-10-8-16-24(26)31/h1-18H,19-20H2,(H,29,32). The van der Waals surface area contributed by atoms with E-state index in [1.165, 1.54) is 9.79 Å². The fourth-order valence-corrected chi connectivity index (χ4v) is 4.99. The Hall–Kier alpha value is -3.83. The molecule has 4 nitrogen and oxygen atoms in total. The first-order chi connectivity index (χ1) is 16.3. The Morgan fingerprint density at radius 2 is 1.18 bits per heavy atom. The maximum Gasteiger partial charge on any atom is 0.241 e. The second-order valence-corrected chi connectivity index (χ2v) is 8.75. The van der Waals surface area contributed by atoms with Gasteiger partial charge in [0.05, 0.1) is 17.1 Å². The lowest BCUT2D eigenvalue weighted by Crippen LogP contribution is -2.28. The summed E-state index contributed by atoms with van der Waals surface area (Å²) in [6.07, 6.45) is 0.327. The molecule has 33 heavy (non-hydrogen) atoms. The van der Waals surface area contributed by atoms with Crippen LogP contribution in [0.15, 0.2) is 124 Å². The van der Waals surface area contributed by atoms with Crippen LogP contribution in [-0.4, -0.2) is 18.2 Å². The van der Waals surface area contributed by atoms with Gasteiger partial charge in [0.15, 0.2) is 0 Å². The number of rotatable bonds is 6. The topological polar surface area (TPSA) is 44.7 Å². The number of fused-ring (bicyclic) bond motifs is 2. The van der Waals surface area contributed by atoms with Crippen molar-refractivity contribution < 1.29 is 4.79 Å². The number of nitrogens with zero attached hydrogens (tertiary/aromatic N) is 2. The van der Waals surface area contributed by atoms with E-state index < -0.39 is 0 Å². The number of carbonyl (C=O) groups excluding carboxylic acids is 1. The van der Waals surface area contributed by atoms with E-state index in [1.54, 1.807) is 11.8 Å². The largest absolute Gasteiger partial charge is 0.339 e. The van der Waals surface area contributed by atoms with Crippen molar-refractivity contribution in [1.29, 1.82) is 0 Å². The van der Waals surface area contributed by atoms with Gasteiger partial charge >= 0.3 is 0 Å². The van der Waals surface area contributed by atoms with Crippen molar-refractivity contribution in [3.63, 3.8) is 0 Å². The maximum atomic E-state index is 12.8. The Labute approximate surface area is 198 Å². The molecule has 0 aromatic heterocycles. The van der Waals surface area contributed by atoms with Gasteiger partial charge in [-0.25, -0.2) is 5.43 Å². The average Bonchev–Trinajstić information content (AvgIpc) is 2.88. The number of nitrogens with one attached hydrogen (secondary N) is 1. The molecule has 1 aliphatic heterocycles. The molecule has 0 bridgehead atoms. The highest BCUT2D eigenvalue weighted by atomic mass is 32.2. The molecule has 4 aromatic rings. The molecule has 1 N–H and O–H groups in total. The average molecular weight is 450 g/mol. The zero-order chi connectivity index (χ0) is 22.5. The van der Waals surface area contributed by atoms with E-state index in [0.717, 1.165) is 28.2 Å². The van der Waals surface area contributed by atoms with Crippen molar-refractivity contribution in [2.75, 3.05) is 11.4 Å². The van der Waals surface area contributed by atoms with Gasteiger partial charge in [-0.2, -0.15) is 5.10 Å². The first kappa shape index (κ1) is 21.0. The van der Waals surface area contributed by atoms with Crippen LogP contribution in [0.1, 0.15) is 17.5 Å². The Morgan fingerprint density at radius 1 is 0.697 bits per heavy atom. The summed E-state index contributed by atoms with van der Waals surface area (Å²) in [4.78, 5) is 17.4. The van der Waals surface area contributed by atoms with Gasteiger partial charge in [-0.3, -0.25) is 4.79 Å². The lowest BCUT2D eigenvalue weighted by atomic mass is 10.0. The van der Waals surface area contributed by atoms with Crippen molar-refractivity contribution in [2.45, 2.75) is 16.2 Å². The van der Waals surface area contributed by atoms with Crippen LogP contribution in [0.2, 0.25) is 0 Å². The molecule has 162 valence electrons. The summed E-state index contributed by atoms with van der Waals surface area (Å²) in [6.45, 7) is 0.571. The summed E-state index contributed by atoms with van der Waals surface area (Å²) in [7, 11) is 0. The molecule has 4 aromatic carbocycles. The van der Waals surface area contributed by atoms with E-state index in [1.807, 2.05) is 84.9 Å². The fraction of sp³-hybridized carbons (Fsp3) is 0.0714. The van der Waals surface area contributed by atoms with E-state index in [-0.39, 0.29) is 5.91 Å². The van der Waals surface area contributed by atoms with Gasteiger partial charge in [0.1, 0.15) is 0 Å². The first-order valence-electron chi connectivity index (χ1n) is 10.9. The van der Waals surface area contributed by atoms with Gasteiger partial charge < -0.3 is 4.90 Å². The van der Waals surface area contributed by atoms with Gasteiger partial charge in [0.25, 0.3) is 0 Å². The minimum absolute atomic E-state index is 0.118. The SMILES string of the molecule is O=C(CCN1c2ccccc2Sc2ccccc21)NN=C(c1ccccc1)c1ccccc1. The number of carbonyl (C=O) groups is 1. The number of benzene rings is 4. The lowest BCUT2D eigenvalue weighted by Gasteiger charge is -2.32. The van der Waals surface area contributed by atoms with Crippen LogP contribution in [0.4, 0.5) is 11.4 Å². The van der Waals surface area contributed by atoms with E-state index in [4.69, 9.17) is 0 Å². The highest BCUT2D eigenvalue weighted by Gasteiger charge is 2.23. The van der Waals surface area contributed by atoms with Gasteiger partial charge in [-0.1, -0.05) is 96.7 Å². The zero-order valence-corrected chi connectivity index (χ0v) is 18.8. The second kappa shape index (κ2) is 9.76. The third-order valence-electron chi connectivity index (χ3n) is 5.48. The monoisotopic (exact) mass is 449 g/mol. The summed E-state index contributed by atoms with van der Waals surface area (Å²) in [5.41, 5.74) is 7.71. The van der Waals surface area contributed by atoms with Crippen LogP contribution in [0, 0.1) is 0 Å².